The number of benzene rings is 1. The summed E-state index contributed by atoms with van der Waals surface area (Å²) in [5, 5.41) is 16.5. The van der Waals surface area contributed by atoms with E-state index in [1.54, 1.807) is 35.2 Å². The first-order chi connectivity index (χ1) is 13.5. The topological polar surface area (TPSA) is 98.9 Å². The molecule has 0 aliphatic carbocycles. The molecule has 0 saturated carbocycles. The van der Waals surface area contributed by atoms with E-state index in [2.05, 4.69) is 15.4 Å². The summed E-state index contributed by atoms with van der Waals surface area (Å²) < 4.78 is 5.22. The van der Waals surface area contributed by atoms with Crippen LogP contribution in [0.5, 0.6) is 0 Å². The fraction of sp³-hybridized carbons (Fsp3) is 0.450. The van der Waals surface area contributed by atoms with Crippen molar-refractivity contribution >= 4 is 11.8 Å². The number of aliphatic hydroxyl groups excluding tert-OH is 1. The lowest BCUT2D eigenvalue weighted by Gasteiger charge is -2.24. The van der Waals surface area contributed by atoms with E-state index in [9.17, 15) is 14.7 Å². The first kappa shape index (κ1) is 20.0. The molecule has 3 rings (SSSR count). The zero-order valence-electron chi connectivity index (χ0n) is 16.2. The van der Waals surface area contributed by atoms with Crippen LogP contribution in [0.4, 0.5) is 0 Å². The minimum Gasteiger partial charge on any atom is -0.365 e. The largest absolute Gasteiger partial charge is 0.365 e. The number of amides is 2. The SMILES string of the molecule is Cc1noc(C)c1CN1CCCN(C(=O)C(O)NC(=O)c2ccccc2)CC1. The number of carbonyl (C=O) groups excluding carboxylic acids is 2. The molecule has 8 heteroatoms. The van der Waals surface area contributed by atoms with E-state index in [1.165, 1.54) is 0 Å². The number of nitrogens with zero attached hydrogens (tertiary/aromatic N) is 3. The van der Waals surface area contributed by atoms with E-state index in [0.717, 1.165) is 36.5 Å². The van der Waals surface area contributed by atoms with Gasteiger partial charge in [0.05, 0.1) is 5.69 Å². The zero-order chi connectivity index (χ0) is 20.1. The number of rotatable bonds is 5. The summed E-state index contributed by atoms with van der Waals surface area (Å²) >= 11 is 0. The maximum Gasteiger partial charge on any atom is 0.272 e. The van der Waals surface area contributed by atoms with Crippen molar-refractivity contribution in [2.24, 2.45) is 0 Å². The molecule has 1 fully saturated rings. The van der Waals surface area contributed by atoms with Gasteiger partial charge in [-0.3, -0.25) is 14.5 Å². The second-order valence-corrected chi connectivity index (χ2v) is 7.00. The number of hydrogen-bond acceptors (Lipinski definition) is 6. The molecule has 0 radical (unpaired) electrons. The molecule has 1 unspecified atom stereocenters. The van der Waals surface area contributed by atoms with Crippen LogP contribution < -0.4 is 5.32 Å². The van der Waals surface area contributed by atoms with Gasteiger partial charge in [0.15, 0.2) is 0 Å². The number of hydrogen-bond donors (Lipinski definition) is 2. The van der Waals surface area contributed by atoms with Crippen molar-refractivity contribution in [1.29, 1.82) is 0 Å². The minimum atomic E-state index is -1.55. The van der Waals surface area contributed by atoms with Crippen LogP contribution in [0.25, 0.3) is 0 Å². The first-order valence-corrected chi connectivity index (χ1v) is 9.42. The molecular weight excluding hydrogens is 360 g/mol. The highest BCUT2D eigenvalue weighted by Crippen LogP contribution is 2.16. The normalized spacial score (nSPS) is 16.5. The van der Waals surface area contributed by atoms with Gasteiger partial charge in [-0.1, -0.05) is 23.4 Å². The number of aromatic nitrogens is 1. The summed E-state index contributed by atoms with van der Waals surface area (Å²) in [7, 11) is 0. The molecule has 1 aliphatic rings. The monoisotopic (exact) mass is 386 g/mol. The average Bonchev–Trinajstić information content (AvgIpc) is 2.89. The van der Waals surface area contributed by atoms with Gasteiger partial charge in [0.1, 0.15) is 5.76 Å². The lowest BCUT2D eigenvalue weighted by Crippen LogP contribution is -2.49. The van der Waals surface area contributed by atoms with Crippen LogP contribution in [-0.2, 0) is 11.3 Å². The molecule has 2 aromatic rings. The lowest BCUT2D eigenvalue weighted by molar-refractivity contribution is -0.141. The average molecular weight is 386 g/mol. The summed E-state index contributed by atoms with van der Waals surface area (Å²) in [6.07, 6.45) is -0.768. The van der Waals surface area contributed by atoms with E-state index in [4.69, 9.17) is 4.52 Å². The predicted molar refractivity (Wildman–Crippen MR) is 102 cm³/mol. The zero-order valence-corrected chi connectivity index (χ0v) is 16.2. The van der Waals surface area contributed by atoms with Gasteiger partial charge in [-0.15, -0.1) is 0 Å². The van der Waals surface area contributed by atoms with Crippen LogP contribution in [0.15, 0.2) is 34.9 Å². The fourth-order valence-electron chi connectivity index (χ4n) is 3.33. The molecule has 1 aliphatic heterocycles. The molecule has 150 valence electrons. The van der Waals surface area contributed by atoms with Gasteiger partial charge < -0.3 is 19.8 Å². The molecule has 0 bridgehead atoms. The molecule has 2 amide bonds. The summed E-state index contributed by atoms with van der Waals surface area (Å²) in [5.41, 5.74) is 2.36. The quantitative estimate of drug-likeness (QED) is 0.746. The molecule has 0 spiro atoms. The Morgan fingerprint density at radius 1 is 1.18 bits per heavy atom. The smallest absolute Gasteiger partial charge is 0.272 e. The fourth-order valence-corrected chi connectivity index (χ4v) is 3.33. The van der Waals surface area contributed by atoms with Gasteiger partial charge >= 0.3 is 0 Å². The number of aliphatic hydroxyl groups is 1. The van der Waals surface area contributed by atoms with E-state index in [0.29, 0.717) is 25.2 Å². The third-order valence-corrected chi connectivity index (χ3v) is 5.00. The summed E-state index contributed by atoms with van der Waals surface area (Å²) in [4.78, 5) is 28.6. The van der Waals surface area contributed by atoms with Crippen LogP contribution in [0.2, 0.25) is 0 Å². The number of nitrogens with one attached hydrogen (secondary N) is 1. The molecule has 2 heterocycles. The molecule has 1 aromatic carbocycles. The Balaban J connectivity index is 1.54. The van der Waals surface area contributed by atoms with Crippen LogP contribution in [0.1, 0.15) is 33.8 Å². The second kappa shape index (κ2) is 8.99. The van der Waals surface area contributed by atoms with E-state index >= 15 is 0 Å². The Morgan fingerprint density at radius 2 is 1.93 bits per heavy atom. The molecule has 2 N–H and O–H groups in total. The Morgan fingerprint density at radius 3 is 2.61 bits per heavy atom. The molecule has 28 heavy (non-hydrogen) atoms. The lowest BCUT2D eigenvalue weighted by atomic mass is 10.2. The van der Waals surface area contributed by atoms with Gasteiger partial charge in [0.25, 0.3) is 11.8 Å². The molecule has 1 saturated heterocycles. The van der Waals surface area contributed by atoms with Crippen molar-refractivity contribution in [3.05, 3.63) is 52.9 Å². The van der Waals surface area contributed by atoms with Crippen molar-refractivity contribution in [3.8, 4) is 0 Å². The maximum atomic E-state index is 12.6. The van der Waals surface area contributed by atoms with Crippen molar-refractivity contribution < 1.29 is 19.2 Å². The Hall–Kier alpha value is -2.71. The van der Waals surface area contributed by atoms with Crippen LogP contribution >= 0.6 is 0 Å². The molecule has 1 aromatic heterocycles. The Labute approximate surface area is 164 Å². The molecule has 1 atom stereocenters. The van der Waals surface area contributed by atoms with E-state index in [1.807, 2.05) is 13.8 Å². The van der Waals surface area contributed by atoms with Crippen molar-refractivity contribution in [1.82, 2.24) is 20.3 Å². The maximum absolute atomic E-state index is 12.6. The van der Waals surface area contributed by atoms with Crippen LogP contribution in [0.3, 0.4) is 0 Å². The van der Waals surface area contributed by atoms with Crippen molar-refractivity contribution in [3.63, 3.8) is 0 Å². The third kappa shape index (κ3) is 4.76. The molecule has 8 nitrogen and oxygen atoms in total. The minimum absolute atomic E-state index is 0.399. The summed E-state index contributed by atoms with van der Waals surface area (Å²) in [6.45, 7) is 7.07. The first-order valence-electron chi connectivity index (χ1n) is 9.42. The highest BCUT2D eigenvalue weighted by Gasteiger charge is 2.26. The van der Waals surface area contributed by atoms with Gasteiger partial charge in [-0.05, 0) is 32.4 Å². The van der Waals surface area contributed by atoms with Crippen LogP contribution in [0, 0.1) is 13.8 Å². The molecular formula is C20H26N4O4. The summed E-state index contributed by atoms with van der Waals surface area (Å²) in [5.74, 6) is -0.145. The highest BCUT2D eigenvalue weighted by molar-refractivity contribution is 5.97. The van der Waals surface area contributed by atoms with Crippen molar-refractivity contribution in [2.75, 3.05) is 26.2 Å². The van der Waals surface area contributed by atoms with Gasteiger partial charge in [-0.25, -0.2) is 0 Å². The van der Waals surface area contributed by atoms with Gasteiger partial charge in [0.2, 0.25) is 6.23 Å². The second-order valence-electron chi connectivity index (χ2n) is 7.00. The Bertz CT molecular complexity index is 801. The summed E-state index contributed by atoms with van der Waals surface area (Å²) in [6, 6.07) is 8.51. The number of aryl methyl sites for hydroxylation is 2. The standard InChI is InChI=1S/C20H26N4O4/c1-14-17(15(2)28-22-14)13-23-9-6-10-24(12-11-23)20(27)19(26)21-18(25)16-7-4-3-5-8-16/h3-5,7-8,19,26H,6,9-13H2,1-2H3,(H,21,25). The van der Waals surface area contributed by atoms with Gasteiger partial charge in [0, 0.05) is 43.9 Å². The highest BCUT2D eigenvalue weighted by atomic mass is 16.5. The third-order valence-electron chi connectivity index (χ3n) is 5.00. The van der Waals surface area contributed by atoms with E-state index in [-0.39, 0.29) is 0 Å². The Kier molecular flexibility index (Phi) is 6.43. The van der Waals surface area contributed by atoms with E-state index < -0.39 is 18.0 Å². The van der Waals surface area contributed by atoms with Crippen molar-refractivity contribution in [2.45, 2.75) is 33.0 Å². The predicted octanol–water partition coefficient (Wildman–Crippen LogP) is 1.07. The van der Waals surface area contributed by atoms with Crippen LogP contribution in [-0.4, -0.2) is 64.3 Å². The van der Waals surface area contributed by atoms with Gasteiger partial charge in [-0.2, -0.15) is 0 Å². The number of carbonyl (C=O) groups is 2.